The van der Waals surface area contributed by atoms with E-state index < -0.39 is 0 Å². The molecule has 0 unspecified atom stereocenters. The zero-order valence-corrected chi connectivity index (χ0v) is 9.56. The number of halogens is 1. The van der Waals surface area contributed by atoms with E-state index in [0.717, 1.165) is 19.4 Å². The average molecular weight is 237 g/mol. The molecule has 0 aromatic carbocycles. The summed E-state index contributed by atoms with van der Waals surface area (Å²) in [6, 6.07) is -0.0763. The van der Waals surface area contributed by atoms with E-state index in [0.29, 0.717) is 6.54 Å². The number of amides is 1. The van der Waals surface area contributed by atoms with E-state index >= 15 is 0 Å². The second-order valence-electron chi connectivity index (χ2n) is 3.27. The molecule has 6 heteroatoms. The zero-order valence-electron chi connectivity index (χ0n) is 8.75. The number of rotatable bonds is 4. The fourth-order valence-corrected chi connectivity index (χ4v) is 1.42. The molecular weight excluding hydrogens is 220 g/mol. The molecule has 0 saturated carbocycles. The number of methoxy groups -OCH3 is 1. The summed E-state index contributed by atoms with van der Waals surface area (Å²) in [5.74, 6) is -0.323. The van der Waals surface area contributed by atoms with E-state index in [1.54, 1.807) is 0 Å². The van der Waals surface area contributed by atoms with E-state index in [9.17, 15) is 9.59 Å². The van der Waals surface area contributed by atoms with E-state index in [2.05, 4.69) is 15.4 Å². The van der Waals surface area contributed by atoms with Crippen LogP contribution in [0.15, 0.2) is 0 Å². The highest BCUT2D eigenvalue weighted by molar-refractivity contribution is 5.85. The Balaban J connectivity index is 0.00000196. The second-order valence-corrected chi connectivity index (χ2v) is 3.27. The van der Waals surface area contributed by atoms with Crippen LogP contribution in [0.1, 0.15) is 19.3 Å². The third-order valence-electron chi connectivity index (χ3n) is 2.23. The van der Waals surface area contributed by atoms with Crippen molar-refractivity contribution in [3.63, 3.8) is 0 Å². The van der Waals surface area contributed by atoms with E-state index in [1.165, 1.54) is 7.11 Å². The van der Waals surface area contributed by atoms with E-state index in [1.807, 2.05) is 0 Å². The van der Waals surface area contributed by atoms with Gasteiger partial charge in [0.15, 0.2) is 0 Å². The minimum absolute atomic E-state index is 0. The summed E-state index contributed by atoms with van der Waals surface area (Å²) in [4.78, 5) is 22.1. The first-order valence-electron chi connectivity index (χ1n) is 4.82. The van der Waals surface area contributed by atoms with Gasteiger partial charge in [-0.25, -0.2) is 0 Å². The van der Waals surface area contributed by atoms with Crippen molar-refractivity contribution in [2.24, 2.45) is 0 Å². The van der Waals surface area contributed by atoms with Crippen LogP contribution in [0, 0.1) is 0 Å². The Bertz CT molecular complexity index is 217. The maximum atomic E-state index is 11.4. The summed E-state index contributed by atoms with van der Waals surface area (Å²) in [6.07, 6.45) is 2.15. The first-order valence-corrected chi connectivity index (χ1v) is 4.82. The molecule has 0 aromatic heterocycles. The van der Waals surface area contributed by atoms with Crippen LogP contribution in [-0.4, -0.2) is 38.1 Å². The third-order valence-corrected chi connectivity index (χ3v) is 2.23. The SMILES string of the molecule is COC(=O)CCNC(=O)[C@@H]1CCCN1.Cl. The second kappa shape index (κ2) is 7.48. The molecule has 1 atom stereocenters. The first-order chi connectivity index (χ1) is 6.74. The summed E-state index contributed by atoms with van der Waals surface area (Å²) in [5, 5.41) is 5.77. The van der Waals surface area contributed by atoms with Gasteiger partial charge in [0.1, 0.15) is 0 Å². The molecule has 2 N–H and O–H groups in total. The minimum atomic E-state index is -0.301. The van der Waals surface area contributed by atoms with Gasteiger partial charge in [0.2, 0.25) is 5.91 Å². The molecule has 0 radical (unpaired) electrons. The molecule has 0 aromatic rings. The third kappa shape index (κ3) is 4.99. The van der Waals surface area contributed by atoms with Gasteiger partial charge < -0.3 is 15.4 Å². The summed E-state index contributed by atoms with van der Waals surface area (Å²) >= 11 is 0. The monoisotopic (exact) mass is 236 g/mol. The molecule has 1 aliphatic rings. The lowest BCUT2D eigenvalue weighted by atomic mass is 10.2. The minimum Gasteiger partial charge on any atom is -0.469 e. The molecule has 0 spiro atoms. The van der Waals surface area contributed by atoms with Gasteiger partial charge in [-0.1, -0.05) is 0 Å². The molecule has 5 nitrogen and oxygen atoms in total. The van der Waals surface area contributed by atoms with E-state index in [-0.39, 0.29) is 36.7 Å². The Morgan fingerprint density at radius 1 is 1.53 bits per heavy atom. The fourth-order valence-electron chi connectivity index (χ4n) is 1.42. The zero-order chi connectivity index (χ0) is 10.4. The number of hydrogen-bond donors (Lipinski definition) is 2. The van der Waals surface area contributed by atoms with Gasteiger partial charge in [0.05, 0.1) is 19.6 Å². The Labute approximate surface area is 95.3 Å². The lowest BCUT2D eigenvalue weighted by molar-refractivity contribution is -0.140. The molecule has 1 aliphatic heterocycles. The van der Waals surface area contributed by atoms with Crippen LogP contribution in [0.25, 0.3) is 0 Å². The molecule has 1 rings (SSSR count). The summed E-state index contributed by atoms with van der Waals surface area (Å²) in [7, 11) is 1.34. The molecule has 1 heterocycles. The molecule has 0 aliphatic carbocycles. The molecule has 1 fully saturated rings. The highest BCUT2D eigenvalue weighted by Gasteiger charge is 2.21. The first kappa shape index (κ1) is 14.2. The van der Waals surface area contributed by atoms with Crippen LogP contribution >= 0.6 is 12.4 Å². The lowest BCUT2D eigenvalue weighted by Crippen LogP contribution is -2.41. The van der Waals surface area contributed by atoms with Crippen molar-refractivity contribution in [1.29, 1.82) is 0 Å². The molecule has 88 valence electrons. The van der Waals surface area contributed by atoms with Crippen LogP contribution in [0.4, 0.5) is 0 Å². The van der Waals surface area contributed by atoms with Gasteiger partial charge in [-0.15, -0.1) is 12.4 Å². The van der Waals surface area contributed by atoms with Crippen LogP contribution in [0.5, 0.6) is 0 Å². The number of nitrogens with one attached hydrogen (secondary N) is 2. The topological polar surface area (TPSA) is 67.4 Å². The Hall–Kier alpha value is -0.810. The summed E-state index contributed by atoms with van der Waals surface area (Å²) < 4.78 is 4.45. The van der Waals surface area contributed by atoms with Crippen molar-refractivity contribution in [2.75, 3.05) is 20.2 Å². The number of carbonyl (C=O) groups is 2. The van der Waals surface area contributed by atoms with Gasteiger partial charge in [0, 0.05) is 6.54 Å². The molecule has 1 saturated heterocycles. The largest absolute Gasteiger partial charge is 0.469 e. The normalized spacial score (nSPS) is 19.1. The number of carbonyl (C=O) groups excluding carboxylic acids is 2. The Kier molecular flexibility index (Phi) is 7.07. The van der Waals surface area contributed by atoms with Crippen molar-refractivity contribution in [3.8, 4) is 0 Å². The molecule has 0 bridgehead atoms. The smallest absolute Gasteiger partial charge is 0.307 e. The highest BCUT2D eigenvalue weighted by Crippen LogP contribution is 2.04. The quantitative estimate of drug-likeness (QED) is 0.666. The highest BCUT2D eigenvalue weighted by atomic mass is 35.5. The molecule has 15 heavy (non-hydrogen) atoms. The van der Waals surface area contributed by atoms with Gasteiger partial charge >= 0.3 is 5.97 Å². The van der Waals surface area contributed by atoms with Crippen LogP contribution in [0.2, 0.25) is 0 Å². The van der Waals surface area contributed by atoms with Crippen molar-refractivity contribution in [2.45, 2.75) is 25.3 Å². The number of esters is 1. The molecular formula is C9H17ClN2O3. The lowest BCUT2D eigenvalue weighted by Gasteiger charge is -2.10. The maximum Gasteiger partial charge on any atom is 0.307 e. The van der Waals surface area contributed by atoms with Crippen molar-refractivity contribution in [1.82, 2.24) is 10.6 Å². The van der Waals surface area contributed by atoms with Crippen molar-refractivity contribution >= 4 is 24.3 Å². The van der Waals surface area contributed by atoms with Gasteiger partial charge in [-0.05, 0) is 19.4 Å². The maximum absolute atomic E-state index is 11.4. The predicted molar refractivity (Wildman–Crippen MR) is 57.9 cm³/mol. The van der Waals surface area contributed by atoms with Gasteiger partial charge in [-0.2, -0.15) is 0 Å². The van der Waals surface area contributed by atoms with Crippen molar-refractivity contribution in [3.05, 3.63) is 0 Å². The van der Waals surface area contributed by atoms with Gasteiger partial charge in [-0.3, -0.25) is 9.59 Å². The average Bonchev–Trinajstić information content (AvgIpc) is 2.70. The standard InChI is InChI=1S/C9H16N2O3.ClH/c1-14-8(12)4-6-11-9(13)7-3-2-5-10-7;/h7,10H,2-6H2,1H3,(H,11,13);1H/t7-;/m0./s1. The van der Waals surface area contributed by atoms with Crippen molar-refractivity contribution < 1.29 is 14.3 Å². The predicted octanol–water partition coefficient (Wildman–Crippen LogP) is -0.161. The summed E-state index contributed by atoms with van der Waals surface area (Å²) in [5.41, 5.74) is 0. The Morgan fingerprint density at radius 3 is 2.80 bits per heavy atom. The Morgan fingerprint density at radius 2 is 2.27 bits per heavy atom. The van der Waals surface area contributed by atoms with E-state index in [4.69, 9.17) is 0 Å². The van der Waals surface area contributed by atoms with Crippen LogP contribution < -0.4 is 10.6 Å². The van der Waals surface area contributed by atoms with Gasteiger partial charge in [0.25, 0.3) is 0 Å². The van der Waals surface area contributed by atoms with Crippen LogP contribution in [-0.2, 0) is 14.3 Å². The summed E-state index contributed by atoms with van der Waals surface area (Å²) in [6.45, 7) is 1.25. The number of ether oxygens (including phenoxy) is 1. The molecule has 1 amide bonds. The number of hydrogen-bond acceptors (Lipinski definition) is 4. The fraction of sp³-hybridized carbons (Fsp3) is 0.778. The van der Waals surface area contributed by atoms with Crippen LogP contribution in [0.3, 0.4) is 0 Å².